The number of pyridine rings is 1. The van der Waals surface area contributed by atoms with E-state index in [1.807, 2.05) is 12.3 Å². The maximum absolute atomic E-state index is 9.86. The lowest BCUT2D eigenvalue weighted by atomic mass is 9.71. The topological polar surface area (TPSA) is 39.9 Å². The van der Waals surface area contributed by atoms with Gasteiger partial charge in [0.2, 0.25) is 0 Å². The third-order valence-corrected chi connectivity index (χ3v) is 5.32. The summed E-state index contributed by atoms with van der Waals surface area (Å²) in [5.74, 6) is 0. The summed E-state index contributed by atoms with van der Waals surface area (Å²) < 4.78 is 0.929. The van der Waals surface area contributed by atoms with Gasteiger partial charge in [0.25, 0.3) is 0 Å². The Bertz CT molecular complexity index is 596. The fourth-order valence-electron chi connectivity index (χ4n) is 3.86. The van der Waals surface area contributed by atoms with Gasteiger partial charge in [0, 0.05) is 40.5 Å². The van der Waals surface area contributed by atoms with Crippen LogP contribution in [0, 0.1) is 11.3 Å². The standard InChI is InChI=1S/C16H17BrClN3/c1-11(18)9-21-14-2-3-15(21)6-16(5-14,10-19)12-4-13(17)8-20-7-12/h4,7-8,14-15H,1-3,5-6,9H2/t14-,15+,16-. The largest absolute Gasteiger partial charge is 0.292 e. The van der Waals surface area contributed by atoms with Crippen LogP contribution in [0.4, 0.5) is 0 Å². The van der Waals surface area contributed by atoms with Crippen molar-refractivity contribution < 1.29 is 0 Å². The van der Waals surface area contributed by atoms with Crippen molar-refractivity contribution in [2.45, 2.75) is 43.2 Å². The molecule has 5 heteroatoms. The molecule has 0 aliphatic carbocycles. The number of halogens is 2. The summed E-state index contributed by atoms with van der Waals surface area (Å²) in [5, 5.41) is 10.5. The SMILES string of the molecule is C=C(Cl)CN1[C@@H]2CC[C@H]1C[C@](C#N)(c1cncc(Br)c1)C2. The van der Waals surface area contributed by atoms with E-state index in [0.717, 1.165) is 42.3 Å². The van der Waals surface area contributed by atoms with Gasteiger partial charge in [0.1, 0.15) is 0 Å². The summed E-state index contributed by atoms with van der Waals surface area (Å²) in [5.41, 5.74) is 0.605. The Morgan fingerprint density at radius 3 is 2.67 bits per heavy atom. The van der Waals surface area contributed by atoms with Crippen molar-refractivity contribution >= 4 is 27.5 Å². The zero-order valence-corrected chi connectivity index (χ0v) is 14.1. The molecular weight excluding hydrogens is 350 g/mol. The summed E-state index contributed by atoms with van der Waals surface area (Å²) in [6, 6.07) is 5.46. The van der Waals surface area contributed by atoms with Gasteiger partial charge < -0.3 is 0 Å². The highest BCUT2D eigenvalue weighted by atomic mass is 79.9. The van der Waals surface area contributed by atoms with Gasteiger partial charge in [-0.1, -0.05) is 18.2 Å². The molecule has 3 nitrogen and oxygen atoms in total. The van der Waals surface area contributed by atoms with E-state index in [1.54, 1.807) is 6.20 Å². The Labute approximate surface area is 138 Å². The number of rotatable bonds is 3. The minimum absolute atomic E-state index is 0.415. The first-order valence-corrected chi connectivity index (χ1v) is 8.32. The van der Waals surface area contributed by atoms with Crippen LogP contribution >= 0.6 is 27.5 Å². The van der Waals surface area contributed by atoms with Crippen LogP contribution in [0.15, 0.2) is 34.5 Å². The molecule has 2 aliphatic rings. The molecule has 3 atom stereocenters. The smallest absolute Gasteiger partial charge is 0.0867 e. The van der Waals surface area contributed by atoms with Gasteiger partial charge in [0.15, 0.2) is 0 Å². The fraction of sp³-hybridized carbons (Fsp3) is 0.500. The molecule has 1 aromatic heterocycles. The highest BCUT2D eigenvalue weighted by Crippen LogP contribution is 2.47. The Balaban J connectivity index is 1.91. The zero-order chi connectivity index (χ0) is 15.0. The number of fused-ring (bicyclic) bond motifs is 2. The van der Waals surface area contributed by atoms with Crippen LogP contribution in [0.1, 0.15) is 31.2 Å². The van der Waals surface area contributed by atoms with Crippen molar-refractivity contribution in [3.05, 3.63) is 40.1 Å². The van der Waals surface area contributed by atoms with Crippen molar-refractivity contribution in [3.8, 4) is 6.07 Å². The molecule has 2 aliphatic heterocycles. The fourth-order valence-corrected chi connectivity index (χ4v) is 4.37. The molecule has 0 aromatic carbocycles. The van der Waals surface area contributed by atoms with Gasteiger partial charge in [-0.15, -0.1) is 0 Å². The molecule has 3 heterocycles. The molecule has 0 unspecified atom stereocenters. The summed E-state index contributed by atoms with van der Waals surface area (Å²) in [7, 11) is 0. The number of nitriles is 1. The molecule has 0 N–H and O–H groups in total. The number of aromatic nitrogens is 1. The Hall–Kier alpha value is -0.890. The van der Waals surface area contributed by atoms with E-state index in [2.05, 4.69) is 38.5 Å². The van der Waals surface area contributed by atoms with Crippen LogP contribution in [-0.4, -0.2) is 28.5 Å². The summed E-state index contributed by atoms with van der Waals surface area (Å²) in [6.45, 7) is 4.55. The van der Waals surface area contributed by atoms with E-state index in [0.29, 0.717) is 17.1 Å². The molecule has 0 radical (unpaired) electrons. The molecule has 110 valence electrons. The van der Waals surface area contributed by atoms with Crippen molar-refractivity contribution in [2.24, 2.45) is 0 Å². The number of hydrogen-bond acceptors (Lipinski definition) is 3. The van der Waals surface area contributed by atoms with Crippen LogP contribution in [-0.2, 0) is 5.41 Å². The lowest BCUT2D eigenvalue weighted by molar-refractivity contribution is 0.117. The summed E-state index contributed by atoms with van der Waals surface area (Å²) >= 11 is 9.46. The molecule has 3 rings (SSSR count). The molecule has 1 aromatic rings. The third-order valence-electron chi connectivity index (χ3n) is 4.76. The van der Waals surface area contributed by atoms with Crippen LogP contribution in [0.2, 0.25) is 0 Å². The van der Waals surface area contributed by atoms with Crippen LogP contribution in [0.5, 0.6) is 0 Å². The van der Waals surface area contributed by atoms with E-state index < -0.39 is 5.41 Å². The number of nitrogens with zero attached hydrogens (tertiary/aromatic N) is 3. The average Bonchev–Trinajstić information content (AvgIpc) is 2.70. The molecule has 2 saturated heterocycles. The van der Waals surface area contributed by atoms with Gasteiger partial charge in [-0.3, -0.25) is 9.88 Å². The van der Waals surface area contributed by atoms with Crippen molar-refractivity contribution in [1.82, 2.24) is 9.88 Å². The van der Waals surface area contributed by atoms with Gasteiger partial charge in [-0.2, -0.15) is 5.26 Å². The first-order chi connectivity index (χ1) is 10.0. The lowest BCUT2D eigenvalue weighted by Gasteiger charge is -2.43. The molecule has 2 bridgehead atoms. The van der Waals surface area contributed by atoms with Gasteiger partial charge >= 0.3 is 0 Å². The predicted molar refractivity (Wildman–Crippen MR) is 87.0 cm³/mol. The zero-order valence-electron chi connectivity index (χ0n) is 11.7. The summed E-state index contributed by atoms with van der Waals surface area (Å²) in [4.78, 5) is 6.67. The molecule has 0 saturated carbocycles. The third kappa shape index (κ3) is 2.75. The Morgan fingerprint density at radius 1 is 1.48 bits per heavy atom. The molecule has 21 heavy (non-hydrogen) atoms. The molecular formula is C16H17BrClN3. The average molecular weight is 367 g/mol. The maximum Gasteiger partial charge on any atom is 0.0867 e. The number of hydrogen-bond donors (Lipinski definition) is 0. The van der Waals surface area contributed by atoms with E-state index in [-0.39, 0.29) is 0 Å². The highest BCUT2D eigenvalue weighted by molar-refractivity contribution is 9.10. The van der Waals surface area contributed by atoms with Gasteiger partial charge in [0.05, 0.1) is 11.5 Å². The first-order valence-electron chi connectivity index (χ1n) is 7.15. The molecule has 0 amide bonds. The summed E-state index contributed by atoms with van der Waals surface area (Å²) in [6.07, 6.45) is 7.57. The minimum atomic E-state index is -0.424. The molecule has 2 fully saturated rings. The van der Waals surface area contributed by atoms with Crippen LogP contribution < -0.4 is 0 Å². The van der Waals surface area contributed by atoms with Crippen molar-refractivity contribution in [3.63, 3.8) is 0 Å². The van der Waals surface area contributed by atoms with Crippen molar-refractivity contribution in [1.29, 1.82) is 5.26 Å². The second-order valence-electron chi connectivity index (χ2n) is 6.07. The predicted octanol–water partition coefficient (Wildman–Crippen LogP) is 3.98. The van der Waals surface area contributed by atoms with Gasteiger partial charge in [-0.05, 0) is 53.2 Å². The van der Waals surface area contributed by atoms with Crippen LogP contribution in [0.3, 0.4) is 0 Å². The second kappa shape index (κ2) is 5.72. The van der Waals surface area contributed by atoms with E-state index in [9.17, 15) is 5.26 Å². The highest BCUT2D eigenvalue weighted by Gasteiger charge is 2.49. The second-order valence-corrected chi connectivity index (χ2v) is 7.52. The minimum Gasteiger partial charge on any atom is -0.292 e. The van der Waals surface area contributed by atoms with Gasteiger partial charge in [-0.25, -0.2) is 0 Å². The number of piperidine rings is 1. The maximum atomic E-state index is 9.86. The lowest BCUT2D eigenvalue weighted by Crippen LogP contribution is -2.49. The van der Waals surface area contributed by atoms with Crippen molar-refractivity contribution in [2.75, 3.05) is 6.54 Å². The Morgan fingerprint density at radius 2 is 2.14 bits per heavy atom. The first kappa shape index (κ1) is 15.0. The monoisotopic (exact) mass is 365 g/mol. The Kier molecular flexibility index (Phi) is 4.09. The van der Waals surface area contributed by atoms with Crippen LogP contribution in [0.25, 0.3) is 0 Å². The van der Waals surface area contributed by atoms with E-state index in [4.69, 9.17) is 11.6 Å². The van der Waals surface area contributed by atoms with E-state index in [1.165, 1.54) is 0 Å². The molecule has 0 spiro atoms. The normalized spacial score (nSPS) is 31.9. The van der Waals surface area contributed by atoms with E-state index >= 15 is 0 Å². The quantitative estimate of drug-likeness (QED) is 0.812.